The standard InChI is InChI=1S/C16H24O2/c1-11-13-7-3-5-9-15(13)12(2)17-16(18-15)10-6-4-8-14(11)16/h11,13-14H,2-10H2,1H3/t11-,13+,14-,15-,16-/m1/s1. The summed E-state index contributed by atoms with van der Waals surface area (Å²) in [7, 11) is 0. The van der Waals surface area contributed by atoms with Crippen LogP contribution in [0.2, 0.25) is 0 Å². The van der Waals surface area contributed by atoms with Crippen LogP contribution in [0.1, 0.15) is 58.3 Å². The van der Waals surface area contributed by atoms with E-state index in [2.05, 4.69) is 13.5 Å². The highest BCUT2D eigenvalue weighted by atomic mass is 16.8. The second-order valence-corrected chi connectivity index (χ2v) is 6.89. The lowest BCUT2D eigenvalue weighted by molar-refractivity contribution is -0.293. The molecular formula is C16H24O2. The van der Waals surface area contributed by atoms with Crippen LogP contribution in [0.15, 0.2) is 12.3 Å². The molecule has 2 saturated heterocycles. The maximum Gasteiger partial charge on any atom is 0.214 e. The van der Waals surface area contributed by atoms with Crippen molar-refractivity contribution in [3.63, 3.8) is 0 Å². The molecule has 2 heteroatoms. The predicted molar refractivity (Wildman–Crippen MR) is 69.9 cm³/mol. The fraction of sp³-hybridized carbons (Fsp3) is 0.875. The van der Waals surface area contributed by atoms with Crippen molar-refractivity contribution in [1.29, 1.82) is 0 Å². The Balaban J connectivity index is 1.80. The first-order valence-corrected chi connectivity index (χ1v) is 7.77. The van der Waals surface area contributed by atoms with Gasteiger partial charge >= 0.3 is 0 Å². The van der Waals surface area contributed by atoms with E-state index in [1.807, 2.05) is 0 Å². The molecule has 2 spiro atoms. The SMILES string of the molecule is C=C1O[C@@]23CCCC[C@@H]2[C@H](C)[C@@H]2CCCC[C@@]12O3. The number of ether oxygens (including phenoxy) is 2. The normalized spacial score (nSPS) is 54.5. The molecule has 4 aliphatic rings. The molecular weight excluding hydrogens is 224 g/mol. The molecule has 2 heterocycles. The molecule has 0 aromatic heterocycles. The maximum absolute atomic E-state index is 6.64. The lowest BCUT2D eigenvalue weighted by atomic mass is 9.60. The zero-order valence-electron chi connectivity index (χ0n) is 11.4. The van der Waals surface area contributed by atoms with Gasteiger partial charge in [-0.15, -0.1) is 0 Å². The highest BCUT2D eigenvalue weighted by Crippen LogP contribution is 2.64. The zero-order valence-corrected chi connectivity index (χ0v) is 11.4. The van der Waals surface area contributed by atoms with Crippen molar-refractivity contribution < 1.29 is 9.47 Å². The van der Waals surface area contributed by atoms with Gasteiger partial charge in [0.15, 0.2) is 0 Å². The van der Waals surface area contributed by atoms with Crippen molar-refractivity contribution in [2.45, 2.75) is 69.7 Å². The minimum Gasteiger partial charge on any atom is -0.464 e. The molecule has 2 bridgehead atoms. The molecule has 2 nitrogen and oxygen atoms in total. The topological polar surface area (TPSA) is 18.5 Å². The van der Waals surface area contributed by atoms with Gasteiger partial charge in [-0.1, -0.05) is 32.8 Å². The van der Waals surface area contributed by atoms with Crippen molar-refractivity contribution in [3.8, 4) is 0 Å². The lowest BCUT2D eigenvalue weighted by Crippen LogP contribution is -2.58. The smallest absolute Gasteiger partial charge is 0.214 e. The van der Waals surface area contributed by atoms with Crippen molar-refractivity contribution in [2.24, 2.45) is 17.8 Å². The Morgan fingerprint density at radius 1 is 1.06 bits per heavy atom. The Hall–Kier alpha value is -0.500. The Labute approximate surface area is 110 Å². The van der Waals surface area contributed by atoms with Gasteiger partial charge in [0.2, 0.25) is 5.79 Å². The van der Waals surface area contributed by atoms with Gasteiger partial charge in [-0.3, -0.25) is 0 Å². The van der Waals surface area contributed by atoms with E-state index in [1.54, 1.807) is 0 Å². The van der Waals surface area contributed by atoms with Gasteiger partial charge in [-0.05, 0) is 37.5 Å². The average molecular weight is 248 g/mol. The van der Waals surface area contributed by atoms with Gasteiger partial charge < -0.3 is 9.47 Å². The van der Waals surface area contributed by atoms with Crippen LogP contribution in [-0.2, 0) is 9.47 Å². The third kappa shape index (κ3) is 1.18. The first-order chi connectivity index (χ1) is 8.68. The number of rotatable bonds is 0. The highest BCUT2D eigenvalue weighted by Gasteiger charge is 2.68. The molecule has 4 rings (SSSR count). The monoisotopic (exact) mass is 248 g/mol. The summed E-state index contributed by atoms with van der Waals surface area (Å²) < 4.78 is 12.9. The summed E-state index contributed by atoms with van der Waals surface area (Å²) in [6.45, 7) is 6.69. The lowest BCUT2D eigenvalue weighted by Gasteiger charge is -2.53. The Morgan fingerprint density at radius 3 is 2.61 bits per heavy atom. The first kappa shape index (κ1) is 11.3. The molecule has 2 saturated carbocycles. The van der Waals surface area contributed by atoms with E-state index in [-0.39, 0.29) is 11.4 Å². The Kier molecular flexibility index (Phi) is 2.22. The van der Waals surface area contributed by atoms with Gasteiger partial charge in [0, 0.05) is 12.3 Å². The minimum atomic E-state index is -0.289. The Morgan fingerprint density at radius 2 is 1.78 bits per heavy atom. The van der Waals surface area contributed by atoms with E-state index >= 15 is 0 Å². The molecule has 2 aliphatic carbocycles. The molecule has 5 atom stereocenters. The summed E-state index contributed by atoms with van der Waals surface area (Å²) >= 11 is 0. The van der Waals surface area contributed by atoms with Crippen LogP contribution in [0.3, 0.4) is 0 Å². The van der Waals surface area contributed by atoms with Crippen molar-refractivity contribution >= 4 is 0 Å². The summed E-state index contributed by atoms with van der Waals surface area (Å²) in [4.78, 5) is 0. The van der Waals surface area contributed by atoms with Crippen LogP contribution in [0.5, 0.6) is 0 Å². The minimum absolute atomic E-state index is 0.120. The van der Waals surface area contributed by atoms with Crippen LogP contribution < -0.4 is 0 Å². The van der Waals surface area contributed by atoms with Crippen LogP contribution >= 0.6 is 0 Å². The van der Waals surface area contributed by atoms with E-state index < -0.39 is 0 Å². The fourth-order valence-corrected chi connectivity index (χ4v) is 5.35. The molecule has 0 aromatic rings. The van der Waals surface area contributed by atoms with Crippen LogP contribution in [0.25, 0.3) is 0 Å². The molecule has 2 aliphatic heterocycles. The molecule has 4 fully saturated rings. The largest absolute Gasteiger partial charge is 0.464 e. The van der Waals surface area contributed by atoms with Gasteiger partial charge in [0.1, 0.15) is 11.4 Å². The van der Waals surface area contributed by atoms with Crippen LogP contribution in [0.4, 0.5) is 0 Å². The third-order valence-electron chi connectivity index (χ3n) is 6.16. The van der Waals surface area contributed by atoms with Gasteiger partial charge in [0.05, 0.1) is 0 Å². The van der Waals surface area contributed by atoms with E-state index in [4.69, 9.17) is 9.47 Å². The quantitative estimate of drug-likeness (QED) is 0.645. The summed E-state index contributed by atoms with van der Waals surface area (Å²) in [5, 5.41) is 0. The fourth-order valence-electron chi connectivity index (χ4n) is 5.35. The molecule has 0 unspecified atom stereocenters. The van der Waals surface area contributed by atoms with Crippen molar-refractivity contribution in [1.82, 2.24) is 0 Å². The second-order valence-electron chi connectivity index (χ2n) is 6.89. The molecule has 18 heavy (non-hydrogen) atoms. The van der Waals surface area contributed by atoms with Gasteiger partial charge in [-0.2, -0.15) is 0 Å². The van der Waals surface area contributed by atoms with E-state index in [0.717, 1.165) is 24.5 Å². The van der Waals surface area contributed by atoms with E-state index in [0.29, 0.717) is 11.8 Å². The second kappa shape index (κ2) is 3.53. The van der Waals surface area contributed by atoms with Gasteiger partial charge in [0.25, 0.3) is 0 Å². The number of hydrogen-bond acceptors (Lipinski definition) is 2. The molecule has 0 N–H and O–H groups in total. The van der Waals surface area contributed by atoms with E-state index in [1.165, 1.54) is 38.5 Å². The summed E-state index contributed by atoms with van der Waals surface area (Å²) in [5.41, 5.74) is -0.120. The maximum atomic E-state index is 6.64. The van der Waals surface area contributed by atoms with Gasteiger partial charge in [-0.25, -0.2) is 0 Å². The molecule has 0 amide bonds. The Bertz CT molecular complexity index is 391. The molecule has 0 radical (unpaired) electrons. The van der Waals surface area contributed by atoms with Crippen LogP contribution in [-0.4, -0.2) is 11.4 Å². The van der Waals surface area contributed by atoms with Crippen molar-refractivity contribution in [3.05, 3.63) is 12.3 Å². The third-order valence-corrected chi connectivity index (χ3v) is 6.16. The first-order valence-electron chi connectivity index (χ1n) is 7.77. The summed E-state index contributed by atoms with van der Waals surface area (Å²) in [6, 6.07) is 0. The molecule has 100 valence electrons. The van der Waals surface area contributed by atoms with Crippen LogP contribution in [0, 0.1) is 17.8 Å². The average Bonchev–Trinajstić information content (AvgIpc) is 2.59. The summed E-state index contributed by atoms with van der Waals surface area (Å²) in [6.07, 6.45) is 10.0. The highest BCUT2D eigenvalue weighted by molar-refractivity contribution is 5.22. The zero-order chi connectivity index (χ0) is 12.4. The molecule has 0 aromatic carbocycles. The predicted octanol–water partition coefficient (Wildman–Crippen LogP) is 4.01. The summed E-state index contributed by atoms with van der Waals surface area (Å²) in [5.74, 6) is 2.66. The van der Waals surface area contributed by atoms with E-state index in [9.17, 15) is 0 Å². The number of hydrogen-bond donors (Lipinski definition) is 0. The van der Waals surface area contributed by atoms with Crippen molar-refractivity contribution in [2.75, 3.05) is 0 Å².